The van der Waals surface area contributed by atoms with Crippen molar-refractivity contribution in [2.24, 2.45) is 5.92 Å². The molecule has 0 saturated carbocycles. The Morgan fingerprint density at radius 2 is 1.82 bits per heavy atom. The number of amides is 1. The molecule has 1 aromatic carbocycles. The molecule has 28 heavy (non-hydrogen) atoms. The van der Waals surface area contributed by atoms with Gasteiger partial charge in [-0.2, -0.15) is 0 Å². The highest BCUT2D eigenvalue weighted by molar-refractivity contribution is 7.92. The number of nitrogens with zero attached hydrogens (tertiary/aromatic N) is 2. The van der Waals surface area contributed by atoms with Gasteiger partial charge in [0.05, 0.1) is 23.1 Å². The van der Waals surface area contributed by atoms with Crippen LogP contribution in [0.2, 0.25) is 0 Å². The summed E-state index contributed by atoms with van der Waals surface area (Å²) in [7, 11) is -3.12. The number of aromatic nitrogens is 1. The summed E-state index contributed by atoms with van der Waals surface area (Å²) >= 11 is 0. The summed E-state index contributed by atoms with van der Waals surface area (Å²) in [4.78, 5) is 18.6. The van der Waals surface area contributed by atoms with Gasteiger partial charge in [0.25, 0.3) is 0 Å². The van der Waals surface area contributed by atoms with E-state index in [1.165, 1.54) is 6.26 Å². The van der Waals surface area contributed by atoms with E-state index in [-0.39, 0.29) is 17.6 Å². The van der Waals surface area contributed by atoms with E-state index < -0.39 is 14.6 Å². The van der Waals surface area contributed by atoms with Crippen LogP contribution >= 0.6 is 0 Å². The molecule has 1 fully saturated rings. The lowest BCUT2D eigenvalue weighted by molar-refractivity contribution is -0.131. The van der Waals surface area contributed by atoms with E-state index in [1.54, 1.807) is 27.0 Å². The molecule has 1 amide bonds. The van der Waals surface area contributed by atoms with Crippen LogP contribution in [-0.4, -0.2) is 47.8 Å². The highest BCUT2D eigenvalue weighted by Crippen LogP contribution is 2.25. The van der Waals surface area contributed by atoms with Crippen LogP contribution in [0.4, 0.5) is 0 Å². The lowest BCUT2D eigenvalue weighted by atomic mass is 9.98. The predicted octanol–water partition coefficient (Wildman–Crippen LogP) is 3.34. The second kappa shape index (κ2) is 8.07. The molecule has 6 nitrogen and oxygen atoms in total. The quantitative estimate of drug-likeness (QED) is 0.763. The lowest BCUT2D eigenvalue weighted by Crippen LogP contribution is -2.42. The Kier molecular flexibility index (Phi) is 5.93. The number of oxazole rings is 1. The van der Waals surface area contributed by atoms with Crippen molar-refractivity contribution < 1.29 is 17.6 Å². The predicted molar refractivity (Wildman–Crippen MR) is 108 cm³/mol. The van der Waals surface area contributed by atoms with Crippen LogP contribution in [0.5, 0.6) is 0 Å². The van der Waals surface area contributed by atoms with Gasteiger partial charge >= 0.3 is 0 Å². The van der Waals surface area contributed by atoms with Crippen molar-refractivity contribution in [3.63, 3.8) is 0 Å². The molecular formula is C21H28N2O4S. The van der Waals surface area contributed by atoms with Gasteiger partial charge in [0.15, 0.2) is 9.84 Å². The zero-order valence-electron chi connectivity index (χ0n) is 16.7. The van der Waals surface area contributed by atoms with Crippen molar-refractivity contribution in [1.29, 1.82) is 0 Å². The topological polar surface area (TPSA) is 80.5 Å². The van der Waals surface area contributed by atoms with Gasteiger partial charge in [-0.15, -0.1) is 0 Å². The van der Waals surface area contributed by atoms with Gasteiger partial charge in [-0.1, -0.05) is 12.1 Å². The Balaban J connectivity index is 1.51. The van der Waals surface area contributed by atoms with Gasteiger partial charge < -0.3 is 9.32 Å². The number of benzene rings is 1. The van der Waals surface area contributed by atoms with E-state index in [0.29, 0.717) is 25.4 Å². The summed E-state index contributed by atoms with van der Waals surface area (Å²) in [6.07, 6.45) is 4.96. The molecule has 0 unspecified atom stereocenters. The van der Waals surface area contributed by atoms with Gasteiger partial charge in [0.1, 0.15) is 6.26 Å². The Morgan fingerprint density at radius 3 is 2.36 bits per heavy atom. The first-order valence-electron chi connectivity index (χ1n) is 9.64. The Morgan fingerprint density at radius 1 is 1.18 bits per heavy atom. The number of piperidine rings is 1. The third-order valence-electron chi connectivity index (χ3n) is 5.34. The molecule has 1 aromatic heterocycles. The minimum atomic E-state index is -3.12. The van der Waals surface area contributed by atoms with Gasteiger partial charge in [0.2, 0.25) is 11.8 Å². The van der Waals surface area contributed by atoms with Crippen molar-refractivity contribution in [2.45, 2.75) is 44.8 Å². The molecule has 2 heterocycles. The van der Waals surface area contributed by atoms with E-state index in [1.807, 2.05) is 29.2 Å². The third kappa shape index (κ3) is 4.82. The number of hydrogen-bond donors (Lipinski definition) is 0. The SMILES string of the molecule is CC(C)(C)S(=O)(=O)CC1CCN(C(=O)Cc2ccc(-c3ncco3)cc2)CC1. The van der Waals surface area contributed by atoms with Gasteiger partial charge in [-0.25, -0.2) is 13.4 Å². The first-order chi connectivity index (χ1) is 13.2. The largest absolute Gasteiger partial charge is 0.445 e. The maximum absolute atomic E-state index is 12.6. The number of carbonyl (C=O) groups excluding carboxylic acids is 1. The summed E-state index contributed by atoms with van der Waals surface area (Å²) < 4.78 is 29.3. The fourth-order valence-corrected chi connectivity index (χ4v) is 4.78. The van der Waals surface area contributed by atoms with E-state index in [0.717, 1.165) is 24.0 Å². The van der Waals surface area contributed by atoms with Crippen LogP contribution in [-0.2, 0) is 21.1 Å². The fraction of sp³-hybridized carbons (Fsp3) is 0.524. The normalized spacial score (nSPS) is 16.3. The molecule has 1 aliphatic heterocycles. The molecule has 0 spiro atoms. The number of hydrogen-bond acceptors (Lipinski definition) is 5. The van der Waals surface area contributed by atoms with E-state index in [9.17, 15) is 13.2 Å². The molecule has 2 aromatic rings. The second-order valence-corrected chi connectivity index (χ2v) is 11.2. The van der Waals surface area contributed by atoms with Gasteiger partial charge in [0, 0.05) is 18.7 Å². The van der Waals surface area contributed by atoms with Crippen LogP contribution < -0.4 is 0 Å². The zero-order chi connectivity index (χ0) is 20.4. The fourth-order valence-electron chi connectivity index (χ4n) is 3.33. The number of sulfone groups is 1. The van der Waals surface area contributed by atoms with Gasteiger partial charge in [-0.05, 0) is 57.2 Å². The molecule has 0 radical (unpaired) electrons. The van der Waals surface area contributed by atoms with E-state index in [2.05, 4.69) is 4.98 Å². The summed E-state index contributed by atoms with van der Waals surface area (Å²) in [5, 5.41) is 0. The first kappa shape index (κ1) is 20.6. The highest BCUT2D eigenvalue weighted by atomic mass is 32.2. The summed E-state index contributed by atoms with van der Waals surface area (Å²) in [6.45, 7) is 6.48. The summed E-state index contributed by atoms with van der Waals surface area (Å²) in [5.41, 5.74) is 1.82. The maximum Gasteiger partial charge on any atom is 0.226 e. The molecule has 0 bridgehead atoms. The third-order valence-corrected chi connectivity index (χ3v) is 8.12. The molecule has 3 rings (SSSR count). The van der Waals surface area contributed by atoms with Crippen LogP contribution in [0, 0.1) is 5.92 Å². The highest BCUT2D eigenvalue weighted by Gasteiger charge is 2.33. The lowest BCUT2D eigenvalue weighted by Gasteiger charge is -2.33. The average Bonchev–Trinajstić information content (AvgIpc) is 3.16. The standard InChI is InChI=1S/C21H28N2O4S/c1-21(2,3)28(25,26)15-17-8-11-23(12-9-17)19(24)14-16-4-6-18(7-5-16)20-22-10-13-27-20/h4-7,10,13,17H,8-9,11-12,14-15H2,1-3H3. The van der Waals surface area contributed by atoms with Crippen molar-refractivity contribution in [2.75, 3.05) is 18.8 Å². The Hall–Kier alpha value is -2.15. The summed E-state index contributed by atoms with van der Waals surface area (Å²) in [6, 6.07) is 7.64. The number of likely N-dealkylation sites (tertiary alicyclic amines) is 1. The Labute approximate surface area is 166 Å². The minimum Gasteiger partial charge on any atom is -0.445 e. The van der Waals surface area contributed by atoms with Crippen molar-refractivity contribution in [3.05, 3.63) is 42.3 Å². The Bertz CT molecular complexity index is 889. The van der Waals surface area contributed by atoms with Crippen LogP contribution in [0.1, 0.15) is 39.2 Å². The molecule has 0 aliphatic carbocycles. The minimum absolute atomic E-state index is 0.0843. The molecule has 0 N–H and O–H groups in total. The molecule has 7 heteroatoms. The molecule has 152 valence electrons. The smallest absolute Gasteiger partial charge is 0.226 e. The van der Waals surface area contributed by atoms with E-state index in [4.69, 9.17) is 4.42 Å². The summed E-state index contributed by atoms with van der Waals surface area (Å²) in [5.74, 6) is 0.986. The molecular weight excluding hydrogens is 376 g/mol. The van der Waals surface area contributed by atoms with Crippen LogP contribution in [0.3, 0.4) is 0 Å². The van der Waals surface area contributed by atoms with Crippen LogP contribution in [0.15, 0.2) is 41.1 Å². The van der Waals surface area contributed by atoms with Crippen molar-refractivity contribution >= 4 is 15.7 Å². The van der Waals surface area contributed by atoms with Gasteiger partial charge in [-0.3, -0.25) is 4.79 Å². The number of carbonyl (C=O) groups is 1. The average molecular weight is 405 g/mol. The first-order valence-corrected chi connectivity index (χ1v) is 11.3. The zero-order valence-corrected chi connectivity index (χ0v) is 17.5. The van der Waals surface area contributed by atoms with Crippen molar-refractivity contribution in [1.82, 2.24) is 9.88 Å². The molecule has 0 atom stereocenters. The van der Waals surface area contributed by atoms with Crippen LogP contribution in [0.25, 0.3) is 11.5 Å². The maximum atomic E-state index is 12.6. The monoisotopic (exact) mass is 404 g/mol. The van der Waals surface area contributed by atoms with Crippen molar-refractivity contribution in [3.8, 4) is 11.5 Å². The number of rotatable bonds is 5. The second-order valence-electron chi connectivity index (χ2n) is 8.43. The van der Waals surface area contributed by atoms with E-state index >= 15 is 0 Å². The molecule has 1 saturated heterocycles. The molecule has 1 aliphatic rings.